The molecule has 0 aromatic carbocycles. The molecule has 1 rings (SSSR count). The van der Waals surface area contributed by atoms with Crippen molar-refractivity contribution in [2.45, 2.75) is 38.4 Å². The van der Waals surface area contributed by atoms with Crippen LogP contribution >= 0.6 is 0 Å². The van der Waals surface area contributed by atoms with E-state index in [0.29, 0.717) is 25.9 Å². The number of aliphatic hydroxyl groups is 2. The van der Waals surface area contributed by atoms with Gasteiger partial charge in [0.1, 0.15) is 0 Å². The highest BCUT2D eigenvalue weighted by atomic mass is 16.5. The van der Waals surface area contributed by atoms with Crippen LogP contribution in [0.15, 0.2) is 0 Å². The maximum absolute atomic E-state index is 11.8. The van der Waals surface area contributed by atoms with Crippen molar-refractivity contribution in [2.75, 3.05) is 26.3 Å². The van der Waals surface area contributed by atoms with Gasteiger partial charge in [0.15, 0.2) is 0 Å². The van der Waals surface area contributed by atoms with Gasteiger partial charge in [-0.05, 0) is 20.3 Å². The van der Waals surface area contributed by atoms with Crippen LogP contribution in [0.3, 0.4) is 0 Å². The number of ether oxygens (including phenoxy) is 1. The lowest BCUT2D eigenvalue weighted by Gasteiger charge is -2.42. The molecule has 2 N–H and O–H groups in total. The minimum atomic E-state index is -0.416. The van der Waals surface area contributed by atoms with Gasteiger partial charge in [-0.2, -0.15) is 0 Å². The smallest absolute Gasteiger partial charge is 0.222 e. The number of hydrogen-bond acceptors (Lipinski definition) is 4. The Kier molecular flexibility index (Phi) is 4.70. The molecule has 1 aliphatic rings. The fraction of sp³-hybridized carbons (Fsp3) is 0.909. The van der Waals surface area contributed by atoms with Gasteiger partial charge in [-0.15, -0.1) is 0 Å². The normalized spacial score (nSPS) is 24.5. The maximum Gasteiger partial charge on any atom is 0.222 e. The predicted octanol–water partition coefficient (Wildman–Crippen LogP) is -0.243. The second kappa shape index (κ2) is 5.61. The minimum Gasteiger partial charge on any atom is -0.396 e. The molecule has 0 bridgehead atoms. The minimum absolute atomic E-state index is 0.0175. The summed E-state index contributed by atoms with van der Waals surface area (Å²) in [6, 6.07) is 0. The van der Waals surface area contributed by atoms with Crippen LogP contribution in [0, 0.1) is 0 Å². The topological polar surface area (TPSA) is 70.0 Å². The van der Waals surface area contributed by atoms with E-state index >= 15 is 0 Å². The van der Waals surface area contributed by atoms with Crippen molar-refractivity contribution >= 4 is 5.91 Å². The van der Waals surface area contributed by atoms with E-state index in [1.54, 1.807) is 4.90 Å². The Morgan fingerprint density at radius 3 is 2.75 bits per heavy atom. The van der Waals surface area contributed by atoms with Crippen LogP contribution in [-0.2, 0) is 9.53 Å². The molecule has 5 heteroatoms. The number of carbonyl (C=O) groups is 1. The van der Waals surface area contributed by atoms with Gasteiger partial charge < -0.3 is 19.8 Å². The van der Waals surface area contributed by atoms with Crippen LogP contribution in [0.2, 0.25) is 0 Å². The highest BCUT2D eigenvalue weighted by molar-refractivity contribution is 5.76. The standard InChI is InChI=1S/C11H21NO4/c1-11(2)8-12(6-9(7-14)16-11)10(15)4-3-5-13/h9,13-14H,3-8H2,1-2H3. The number of nitrogens with zero attached hydrogens (tertiary/aromatic N) is 1. The Morgan fingerprint density at radius 2 is 2.19 bits per heavy atom. The molecule has 1 fully saturated rings. The van der Waals surface area contributed by atoms with Crippen LogP contribution < -0.4 is 0 Å². The second-order valence-electron chi connectivity index (χ2n) is 4.78. The van der Waals surface area contributed by atoms with Crippen LogP contribution in [0.5, 0.6) is 0 Å². The third-order valence-corrected chi connectivity index (χ3v) is 2.59. The van der Waals surface area contributed by atoms with Crippen molar-refractivity contribution in [2.24, 2.45) is 0 Å². The maximum atomic E-state index is 11.8. The van der Waals surface area contributed by atoms with Gasteiger partial charge >= 0.3 is 0 Å². The van der Waals surface area contributed by atoms with Crippen LogP contribution in [-0.4, -0.2) is 59.0 Å². The lowest BCUT2D eigenvalue weighted by Crippen LogP contribution is -2.55. The van der Waals surface area contributed by atoms with Crippen molar-refractivity contribution in [1.29, 1.82) is 0 Å². The fourth-order valence-corrected chi connectivity index (χ4v) is 1.97. The summed E-state index contributed by atoms with van der Waals surface area (Å²) in [5.41, 5.74) is -0.416. The van der Waals surface area contributed by atoms with Gasteiger partial charge in [0, 0.05) is 26.1 Å². The van der Waals surface area contributed by atoms with Gasteiger partial charge in [0.2, 0.25) is 5.91 Å². The molecule has 0 aliphatic carbocycles. The average molecular weight is 231 g/mol. The Bertz CT molecular complexity index is 242. The summed E-state index contributed by atoms with van der Waals surface area (Å²) >= 11 is 0. The molecule has 0 radical (unpaired) electrons. The Balaban J connectivity index is 2.55. The fourth-order valence-electron chi connectivity index (χ4n) is 1.97. The summed E-state index contributed by atoms with van der Waals surface area (Å²) in [7, 11) is 0. The van der Waals surface area contributed by atoms with Crippen molar-refractivity contribution in [3.8, 4) is 0 Å². The van der Waals surface area contributed by atoms with E-state index in [4.69, 9.17) is 14.9 Å². The molecule has 0 spiro atoms. The van der Waals surface area contributed by atoms with Gasteiger partial charge in [0.25, 0.3) is 0 Å². The molecule has 1 heterocycles. The third-order valence-electron chi connectivity index (χ3n) is 2.59. The van der Waals surface area contributed by atoms with Crippen LogP contribution in [0.25, 0.3) is 0 Å². The van der Waals surface area contributed by atoms with Crippen molar-refractivity contribution < 1.29 is 19.7 Å². The van der Waals surface area contributed by atoms with E-state index in [1.165, 1.54) is 0 Å². The highest BCUT2D eigenvalue weighted by Gasteiger charge is 2.34. The number of hydrogen-bond donors (Lipinski definition) is 2. The first-order valence-corrected chi connectivity index (χ1v) is 5.66. The summed E-state index contributed by atoms with van der Waals surface area (Å²) in [5.74, 6) is 0.0175. The summed E-state index contributed by atoms with van der Waals surface area (Å²) in [6.45, 7) is 4.73. The predicted molar refractivity (Wildman–Crippen MR) is 58.9 cm³/mol. The molecular weight excluding hydrogens is 210 g/mol. The molecule has 0 aromatic heterocycles. The molecule has 5 nitrogen and oxygen atoms in total. The van der Waals surface area contributed by atoms with Crippen molar-refractivity contribution in [1.82, 2.24) is 4.90 Å². The molecule has 1 saturated heterocycles. The number of amides is 1. The second-order valence-corrected chi connectivity index (χ2v) is 4.78. The zero-order valence-corrected chi connectivity index (χ0v) is 9.98. The van der Waals surface area contributed by atoms with Gasteiger partial charge in [0.05, 0.1) is 18.3 Å². The van der Waals surface area contributed by atoms with Gasteiger partial charge in [-0.3, -0.25) is 4.79 Å². The summed E-state index contributed by atoms with van der Waals surface area (Å²) in [6.07, 6.45) is 0.535. The monoisotopic (exact) mass is 231 g/mol. The van der Waals surface area contributed by atoms with E-state index in [0.717, 1.165) is 0 Å². The Hall–Kier alpha value is -0.650. The zero-order valence-electron chi connectivity index (χ0n) is 9.98. The third kappa shape index (κ3) is 3.73. The molecular formula is C11H21NO4. The highest BCUT2D eigenvalue weighted by Crippen LogP contribution is 2.21. The van der Waals surface area contributed by atoms with Crippen LogP contribution in [0.1, 0.15) is 26.7 Å². The SMILES string of the molecule is CC1(C)CN(C(=O)CCCO)CC(CO)O1. The summed E-state index contributed by atoms with van der Waals surface area (Å²) < 4.78 is 5.61. The Morgan fingerprint density at radius 1 is 1.50 bits per heavy atom. The lowest BCUT2D eigenvalue weighted by molar-refractivity contribution is -0.167. The zero-order chi connectivity index (χ0) is 12.2. The van der Waals surface area contributed by atoms with E-state index in [1.807, 2.05) is 13.8 Å². The number of morpholine rings is 1. The molecule has 1 amide bonds. The average Bonchev–Trinajstić information content (AvgIpc) is 2.23. The summed E-state index contributed by atoms with van der Waals surface area (Å²) in [4.78, 5) is 13.5. The first-order valence-electron chi connectivity index (χ1n) is 5.66. The van der Waals surface area contributed by atoms with Crippen LogP contribution in [0.4, 0.5) is 0 Å². The number of carbonyl (C=O) groups excluding carboxylic acids is 1. The molecule has 16 heavy (non-hydrogen) atoms. The molecule has 1 unspecified atom stereocenters. The first kappa shape index (κ1) is 13.4. The van der Waals surface area contributed by atoms with Gasteiger partial charge in [-0.1, -0.05) is 0 Å². The number of rotatable bonds is 4. The van der Waals surface area contributed by atoms with Gasteiger partial charge in [-0.25, -0.2) is 0 Å². The molecule has 1 aliphatic heterocycles. The number of aliphatic hydroxyl groups excluding tert-OH is 2. The largest absolute Gasteiger partial charge is 0.396 e. The first-order chi connectivity index (χ1) is 7.48. The van der Waals surface area contributed by atoms with E-state index in [-0.39, 0.29) is 25.2 Å². The molecule has 0 saturated carbocycles. The lowest BCUT2D eigenvalue weighted by atomic mass is 10.0. The van der Waals surface area contributed by atoms with Crippen molar-refractivity contribution in [3.63, 3.8) is 0 Å². The van der Waals surface area contributed by atoms with E-state index in [2.05, 4.69) is 0 Å². The summed E-state index contributed by atoms with van der Waals surface area (Å²) in [5, 5.41) is 17.8. The molecule has 94 valence electrons. The van der Waals surface area contributed by atoms with Crippen molar-refractivity contribution in [3.05, 3.63) is 0 Å². The van der Waals surface area contributed by atoms with E-state index in [9.17, 15) is 4.79 Å². The molecule has 1 atom stereocenters. The molecule has 0 aromatic rings. The quantitative estimate of drug-likeness (QED) is 0.700. The Labute approximate surface area is 96.0 Å². The van der Waals surface area contributed by atoms with E-state index < -0.39 is 5.60 Å².